The fourth-order valence-electron chi connectivity index (χ4n) is 2.32. The Hall–Kier alpha value is -1.28. The highest BCUT2D eigenvalue weighted by Crippen LogP contribution is 2.70. The number of nitrogens with zero attached hydrogens (tertiary/aromatic N) is 2. The minimum Gasteiger partial charge on any atom is -0.310 e. The van der Waals surface area contributed by atoms with Crippen LogP contribution in [0.15, 0.2) is 12.2 Å². The van der Waals surface area contributed by atoms with Gasteiger partial charge in [-0.15, -0.1) is 0 Å². The van der Waals surface area contributed by atoms with Crippen molar-refractivity contribution in [2.75, 3.05) is 0 Å². The van der Waals surface area contributed by atoms with Gasteiger partial charge in [-0.2, -0.15) is 5.26 Å². The topological polar surface area (TPSA) is 28.1 Å². The molecule has 0 aromatic rings. The van der Waals surface area contributed by atoms with Crippen molar-refractivity contribution in [2.24, 2.45) is 5.41 Å². The van der Waals surface area contributed by atoms with Gasteiger partial charge in [0, 0.05) is 30.8 Å². The third-order valence-corrected chi connectivity index (χ3v) is 2.79. The highest BCUT2D eigenvalue weighted by Gasteiger charge is 2.73. The van der Waals surface area contributed by atoms with Crippen molar-refractivity contribution in [3.8, 4) is 6.07 Å². The van der Waals surface area contributed by atoms with Gasteiger partial charge in [0.15, 0.2) is 0 Å². The van der Waals surface area contributed by atoms with Crippen LogP contribution in [-0.4, -0.2) is 5.54 Å². The van der Waals surface area contributed by atoms with Gasteiger partial charge in [-0.1, -0.05) is 6.08 Å². The van der Waals surface area contributed by atoms with E-state index in [-0.39, 0.29) is 11.0 Å². The number of rotatable bonds is 1. The van der Waals surface area contributed by atoms with Gasteiger partial charge >= 0.3 is 0 Å². The first-order valence-corrected chi connectivity index (χ1v) is 3.70. The lowest BCUT2D eigenvalue weighted by Crippen LogP contribution is -2.63. The van der Waals surface area contributed by atoms with Crippen LogP contribution in [0.3, 0.4) is 0 Å². The van der Waals surface area contributed by atoms with Crippen molar-refractivity contribution < 1.29 is 0 Å². The molecule has 0 aliphatic heterocycles. The standard InChI is InChI=1S/C9H8N2/c1-11-9-5-8(6-9,7-9)3-2-4-10/h2-3H,5-7H2/b3-2+. The van der Waals surface area contributed by atoms with Crippen LogP contribution in [0, 0.1) is 23.3 Å². The van der Waals surface area contributed by atoms with Crippen LogP contribution >= 0.6 is 0 Å². The minimum absolute atomic E-state index is 0.000203. The second-order valence-corrected chi connectivity index (χ2v) is 3.69. The van der Waals surface area contributed by atoms with E-state index in [0.717, 1.165) is 19.3 Å². The zero-order chi connectivity index (χ0) is 7.95. The Morgan fingerprint density at radius 2 is 2.09 bits per heavy atom. The van der Waals surface area contributed by atoms with Crippen molar-refractivity contribution in [1.82, 2.24) is 0 Å². The molecule has 3 saturated carbocycles. The van der Waals surface area contributed by atoms with Crippen molar-refractivity contribution >= 4 is 0 Å². The maximum absolute atomic E-state index is 8.29. The molecule has 3 fully saturated rings. The fourth-order valence-corrected chi connectivity index (χ4v) is 2.32. The van der Waals surface area contributed by atoms with Gasteiger partial charge in [-0.05, 0) is 0 Å². The van der Waals surface area contributed by atoms with Crippen molar-refractivity contribution in [2.45, 2.75) is 24.8 Å². The Labute approximate surface area is 66.0 Å². The SMILES string of the molecule is [C-]#[N+]C12CC(/C=C/C#N)(C1)C2. The Balaban J connectivity index is 2.02. The van der Waals surface area contributed by atoms with Crippen molar-refractivity contribution in [3.63, 3.8) is 0 Å². The summed E-state index contributed by atoms with van der Waals surface area (Å²) in [5, 5.41) is 8.29. The maximum atomic E-state index is 8.29. The normalized spacial score (nSPS) is 45.3. The lowest BCUT2D eigenvalue weighted by atomic mass is 9.40. The summed E-state index contributed by atoms with van der Waals surface area (Å²) >= 11 is 0. The molecule has 0 aromatic carbocycles. The molecule has 0 heterocycles. The smallest absolute Gasteiger partial charge is 0.235 e. The summed E-state index contributed by atoms with van der Waals surface area (Å²) in [6, 6.07) is 1.99. The van der Waals surface area contributed by atoms with E-state index >= 15 is 0 Å². The zero-order valence-corrected chi connectivity index (χ0v) is 6.17. The molecule has 0 saturated heterocycles. The predicted molar refractivity (Wildman–Crippen MR) is 40.4 cm³/mol. The lowest BCUT2D eigenvalue weighted by Gasteiger charge is -2.60. The van der Waals surface area contributed by atoms with E-state index < -0.39 is 0 Å². The summed E-state index contributed by atoms with van der Waals surface area (Å²) in [7, 11) is 0. The molecule has 0 radical (unpaired) electrons. The van der Waals surface area contributed by atoms with Gasteiger partial charge < -0.3 is 4.85 Å². The summed E-state index contributed by atoms with van der Waals surface area (Å²) in [6.07, 6.45) is 6.48. The van der Waals surface area contributed by atoms with E-state index in [0.29, 0.717) is 0 Å². The molecule has 2 bridgehead atoms. The van der Waals surface area contributed by atoms with Crippen LogP contribution in [0.2, 0.25) is 0 Å². The summed E-state index contributed by atoms with van der Waals surface area (Å²) in [4.78, 5) is 3.58. The summed E-state index contributed by atoms with van der Waals surface area (Å²) in [6.45, 7) is 6.89. The van der Waals surface area contributed by atoms with E-state index in [4.69, 9.17) is 11.8 Å². The van der Waals surface area contributed by atoms with Crippen LogP contribution in [0.4, 0.5) is 0 Å². The Morgan fingerprint density at radius 1 is 1.45 bits per heavy atom. The molecule has 0 amide bonds. The van der Waals surface area contributed by atoms with Crippen LogP contribution in [0.25, 0.3) is 4.85 Å². The van der Waals surface area contributed by atoms with Gasteiger partial charge in [0.05, 0.1) is 6.07 Å². The van der Waals surface area contributed by atoms with Gasteiger partial charge in [0.2, 0.25) is 5.54 Å². The molecule has 3 aliphatic carbocycles. The first-order chi connectivity index (χ1) is 5.24. The Kier molecular flexibility index (Phi) is 0.968. The third-order valence-electron chi connectivity index (χ3n) is 2.79. The number of allylic oxidation sites excluding steroid dienone is 2. The predicted octanol–water partition coefficient (Wildman–Crippen LogP) is 1.91. The van der Waals surface area contributed by atoms with E-state index in [1.807, 2.05) is 12.1 Å². The van der Waals surface area contributed by atoms with Gasteiger partial charge in [-0.25, -0.2) is 6.57 Å². The fraction of sp³-hybridized carbons (Fsp3) is 0.556. The highest BCUT2D eigenvalue weighted by molar-refractivity contribution is 5.34. The summed E-state index contributed by atoms with van der Waals surface area (Å²) < 4.78 is 0. The van der Waals surface area contributed by atoms with Gasteiger partial charge in [0.1, 0.15) is 0 Å². The van der Waals surface area contributed by atoms with Gasteiger partial charge in [0.25, 0.3) is 0 Å². The molecule has 0 aromatic heterocycles. The molecule has 0 atom stereocenters. The second kappa shape index (κ2) is 1.66. The first kappa shape index (κ1) is 6.43. The minimum atomic E-state index is -0.000203. The molecule has 0 unspecified atom stereocenters. The van der Waals surface area contributed by atoms with Crippen LogP contribution in [0.5, 0.6) is 0 Å². The van der Waals surface area contributed by atoms with E-state index in [1.165, 1.54) is 0 Å². The molecule has 3 aliphatic rings. The third kappa shape index (κ3) is 0.644. The highest BCUT2D eigenvalue weighted by atomic mass is 14.9. The quantitative estimate of drug-likeness (QED) is 0.408. The molecule has 2 nitrogen and oxygen atoms in total. The molecule has 54 valence electrons. The summed E-state index contributed by atoms with van der Waals surface area (Å²) in [5.74, 6) is 0. The van der Waals surface area contributed by atoms with Crippen molar-refractivity contribution in [1.29, 1.82) is 5.26 Å². The number of hydrogen-bond acceptors (Lipinski definition) is 1. The average Bonchev–Trinajstić information content (AvgIpc) is 1.83. The van der Waals surface area contributed by atoms with Crippen LogP contribution in [-0.2, 0) is 0 Å². The Bertz CT molecular complexity index is 281. The van der Waals surface area contributed by atoms with E-state index in [2.05, 4.69) is 4.85 Å². The summed E-state index contributed by atoms with van der Waals surface area (Å²) in [5.41, 5.74) is 0.264. The maximum Gasteiger partial charge on any atom is 0.235 e. The van der Waals surface area contributed by atoms with Crippen molar-refractivity contribution in [3.05, 3.63) is 23.6 Å². The van der Waals surface area contributed by atoms with E-state index in [1.54, 1.807) is 6.08 Å². The molecule has 3 rings (SSSR count). The Morgan fingerprint density at radius 3 is 2.55 bits per heavy atom. The molecular weight excluding hydrogens is 136 g/mol. The second-order valence-electron chi connectivity index (χ2n) is 3.69. The van der Waals surface area contributed by atoms with E-state index in [9.17, 15) is 0 Å². The number of hydrogen-bond donors (Lipinski definition) is 0. The number of nitriles is 1. The first-order valence-electron chi connectivity index (χ1n) is 3.70. The monoisotopic (exact) mass is 144 g/mol. The van der Waals surface area contributed by atoms with Crippen LogP contribution in [0.1, 0.15) is 19.3 Å². The van der Waals surface area contributed by atoms with Gasteiger partial charge in [-0.3, -0.25) is 0 Å². The average molecular weight is 144 g/mol. The zero-order valence-electron chi connectivity index (χ0n) is 6.17. The largest absolute Gasteiger partial charge is 0.310 e. The lowest BCUT2D eigenvalue weighted by molar-refractivity contribution is -0.0605. The molecule has 0 N–H and O–H groups in total. The van der Waals surface area contributed by atoms with Crippen LogP contribution < -0.4 is 0 Å². The molecular formula is C9H8N2. The molecule has 11 heavy (non-hydrogen) atoms. The molecule has 2 heteroatoms. The molecule has 0 spiro atoms.